The Morgan fingerprint density at radius 1 is 1.24 bits per heavy atom. The second kappa shape index (κ2) is 6.44. The largest absolute Gasteiger partial charge is 0.314 e. The molecule has 1 aliphatic rings. The summed E-state index contributed by atoms with van der Waals surface area (Å²) in [7, 11) is 0. The van der Waals surface area contributed by atoms with Crippen LogP contribution < -0.4 is 5.32 Å². The molecule has 0 bridgehead atoms. The number of hydrogen-bond acceptors (Lipinski definition) is 3. The van der Waals surface area contributed by atoms with Crippen molar-refractivity contribution >= 4 is 22.9 Å². The Kier molecular flexibility index (Phi) is 4.60. The number of halogens is 2. The highest BCUT2D eigenvalue weighted by molar-refractivity contribution is 7.16. The minimum absolute atomic E-state index is 0.0836. The first kappa shape index (κ1) is 15.0. The molecule has 1 atom stereocenters. The summed E-state index contributed by atoms with van der Waals surface area (Å²) in [5.41, 5.74) is 1.76. The zero-order chi connectivity index (χ0) is 14.8. The zero-order valence-corrected chi connectivity index (χ0v) is 13.5. The average Bonchev–Trinajstić information content (AvgIpc) is 2.91. The van der Waals surface area contributed by atoms with Gasteiger partial charge < -0.3 is 5.32 Å². The van der Waals surface area contributed by atoms with E-state index in [0.717, 1.165) is 41.6 Å². The molecule has 2 aromatic rings. The topological polar surface area (TPSA) is 15.3 Å². The van der Waals surface area contributed by atoms with Crippen molar-refractivity contribution in [2.45, 2.75) is 13.0 Å². The molecule has 1 aromatic heterocycles. The fourth-order valence-electron chi connectivity index (χ4n) is 2.87. The normalized spacial score (nSPS) is 17.9. The molecule has 1 saturated heterocycles. The van der Waals surface area contributed by atoms with Gasteiger partial charge in [0.2, 0.25) is 0 Å². The van der Waals surface area contributed by atoms with Crippen LogP contribution in [0.25, 0.3) is 0 Å². The van der Waals surface area contributed by atoms with E-state index >= 15 is 0 Å². The summed E-state index contributed by atoms with van der Waals surface area (Å²) < 4.78 is 14.8. The molecule has 0 amide bonds. The summed E-state index contributed by atoms with van der Waals surface area (Å²) in [5, 5.41) is 3.37. The van der Waals surface area contributed by atoms with E-state index in [0.29, 0.717) is 0 Å². The highest BCUT2D eigenvalue weighted by Crippen LogP contribution is 2.37. The van der Waals surface area contributed by atoms with Crippen molar-refractivity contribution < 1.29 is 4.39 Å². The van der Waals surface area contributed by atoms with E-state index in [4.69, 9.17) is 11.6 Å². The summed E-state index contributed by atoms with van der Waals surface area (Å²) >= 11 is 7.70. The molecule has 0 radical (unpaired) electrons. The molecule has 1 N–H and O–H groups in total. The molecule has 2 heterocycles. The molecular weight excluding hydrogens is 307 g/mol. The van der Waals surface area contributed by atoms with Gasteiger partial charge in [0.15, 0.2) is 0 Å². The lowest BCUT2D eigenvalue weighted by Crippen LogP contribution is -2.45. The number of nitrogens with zero attached hydrogens (tertiary/aromatic N) is 1. The lowest BCUT2D eigenvalue weighted by atomic mass is 9.97. The fourth-order valence-corrected chi connectivity index (χ4v) is 4.08. The predicted molar refractivity (Wildman–Crippen MR) is 86.8 cm³/mol. The van der Waals surface area contributed by atoms with Crippen molar-refractivity contribution in [1.29, 1.82) is 0 Å². The standard InChI is InChI=1S/C16H18ClFN2S/c1-11-12(3-2-4-13(11)18)16(14-5-6-15(17)21-14)20-9-7-19-8-10-20/h2-6,16,19H,7-10H2,1H3/t16-/m1/s1. The first-order valence-corrected chi connectivity index (χ1v) is 8.31. The maximum atomic E-state index is 14.0. The number of thiophene rings is 1. The first-order chi connectivity index (χ1) is 10.2. The van der Waals surface area contributed by atoms with E-state index in [1.165, 1.54) is 10.9 Å². The Morgan fingerprint density at radius 2 is 2.00 bits per heavy atom. The zero-order valence-electron chi connectivity index (χ0n) is 11.9. The van der Waals surface area contributed by atoms with Crippen LogP contribution in [-0.2, 0) is 0 Å². The van der Waals surface area contributed by atoms with Gasteiger partial charge in [-0.1, -0.05) is 23.7 Å². The van der Waals surface area contributed by atoms with Crippen molar-refractivity contribution in [3.8, 4) is 0 Å². The second-order valence-corrected chi connectivity index (χ2v) is 7.03. The quantitative estimate of drug-likeness (QED) is 0.922. The number of piperazine rings is 1. The lowest BCUT2D eigenvalue weighted by molar-refractivity contribution is 0.200. The van der Waals surface area contributed by atoms with Crippen LogP contribution in [0.4, 0.5) is 4.39 Å². The summed E-state index contributed by atoms with van der Waals surface area (Å²) in [5.74, 6) is -0.143. The summed E-state index contributed by atoms with van der Waals surface area (Å²) in [6.45, 7) is 5.69. The number of benzene rings is 1. The Bertz CT molecular complexity index is 622. The van der Waals surface area contributed by atoms with Gasteiger partial charge in [-0.2, -0.15) is 0 Å². The van der Waals surface area contributed by atoms with Crippen LogP contribution in [0.3, 0.4) is 0 Å². The average molecular weight is 325 g/mol. The smallest absolute Gasteiger partial charge is 0.126 e. The molecule has 21 heavy (non-hydrogen) atoms. The third-order valence-electron chi connectivity index (χ3n) is 3.98. The van der Waals surface area contributed by atoms with Gasteiger partial charge in [0.1, 0.15) is 5.82 Å². The highest BCUT2D eigenvalue weighted by atomic mass is 35.5. The van der Waals surface area contributed by atoms with Crippen LogP contribution in [0.5, 0.6) is 0 Å². The molecule has 112 valence electrons. The van der Waals surface area contributed by atoms with E-state index in [2.05, 4.69) is 16.3 Å². The number of nitrogens with one attached hydrogen (secondary N) is 1. The van der Waals surface area contributed by atoms with Gasteiger partial charge in [-0.05, 0) is 36.2 Å². The van der Waals surface area contributed by atoms with Crippen molar-refractivity contribution in [3.05, 3.63) is 56.5 Å². The van der Waals surface area contributed by atoms with Crippen molar-refractivity contribution in [1.82, 2.24) is 10.2 Å². The molecule has 3 rings (SSSR count). The molecular formula is C16H18ClFN2S. The molecule has 1 aliphatic heterocycles. The Balaban J connectivity index is 2.04. The van der Waals surface area contributed by atoms with E-state index in [9.17, 15) is 4.39 Å². The molecule has 2 nitrogen and oxygen atoms in total. The third-order valence-corrected chi connectivity index (χ3v) is 5.27. The van der Waals surface area contributed by atoms with Gasteiger partial charge >= 0.3 is 0 Å². The van der Waals surface area contributed by atoms with Crippen LogP contribution in [-0.4, -0.2) is 31.1 Å². The summed E-state index contributed by atoms with van der Waals surface area (Å²) in [6, 6.07) is 9.41. The van der Waals surface area contributed by atoms with Crippen LogP contribution in [0.15, 0.2) is 30.3 Å². The van der Waals surface area contributed by atoms with Gasteiger partial charge in [-0.15, -0.1) is 11.3 Å². The number of hydrogen-bond donors (Lipinski definition) is 1. The maximum Gasteiger partial charge on any atom is 0.126 e. The van der Waals surface area contributed by atoms with Crippen molar-refractivity contribution in [2.24, 2.45) is 0 Å². The third kappa shape index (κ3) is 3.14. The van der Waals surface area contributed by atoms with Crippen molar-refractivity contribution in [3.63, 3.8) is 0 Å². The van der Waals surface area contributed by atoms with Gasteiger partial charge in [-0.25, -0.2) is 4.39 Å². The molecule has 0 aliphatic carbocycles. The van der Waals surface area contributed by atoms with Gasteiger partial charge in [0.05, 0.1) is 10.4 Å². The van der Waals surface area contributed by atoms with E-state index in [1.807, 2.05) is 19.1 Å². The maximum absolute atomic E-state index is 14.0. The highest BCUT2D eigenvalue weighted by Gasteiger charge is 2.27. The minimum atomic E-state index is -0.143. The minimum Gasteiger partial charge on any atom is -0.314 e. The summed E-state index contributed by atoms with van der Waals surface area (Å²) in [6.07, 6.45) is 0. The Hall–Kier alpha value is -0.940. The van der Waals surface area contributed by atoms with Gasteiger partial charge in [0, 0.05) is 31.1 Å². The fraction of sp³-hybridized carbons (Fsp3) is 0.375. The molecule has 1 fully saturated rings. The first-order valence-electron chi connectivity index (χ1n) is 7.12. The van der Waals surface area contributed by atoms with E-state index in [-0.39, 0.29) is 11.9 Å². The molecule has 5 heteroatoms. The molecule has 0 unspecified atom stereocenters. The van der Waals surface area contributed by atoms with Gasteiger partial charge in [0.25, 0.3) is 0 Å². The predicted octanol–water partition coefficient (Wildman–Crippen LogP) is 3.84. The van der Waals surface area contributed by atoms with Crippen LogP contribution in [0, 0.1) is 12.7 Å². The Morgan fingerprint density at radius 3 is 2.67 bits per heavy atom. The van der Waals surface area contributed by atoms with Crippen LogP contribution in [0.1, 0.15) is 22.0 Å². The van der Waals surface area contributed by atoms with Crippen LogP contribution in [0.2, 0.25) is 4.34 Å². The summed E-state index contributed by atoms with van der Waals surface area (Å²) in [4.78, 5) is 3.58. The lowest BCUT2D eigenvalue weighted by Gasteiger charge is -2.35. The van der Waals surface area contributed by atoms with E-state index in [1.54, 1.807) is 17.4 Å². The molecule has 0 saturated carbocycles. The van der Waals surface area contributed by atoms with Crippen molar-refractivity contribution in [2.75, 3.05) is 26.2 Å². The Labute approximate surface area is 133 Å². The molecule has 1 aromatic carbocycles. The van der Waals surface area contributed by atoms with Gasteiger partial charge in [-0.3, -0.25) is 4.90 Å². The van der Waals surface area contributed by atoms with Crippen LogP contribution >= 0.6 is 22.9 Å². The SMILES string of the molecule is Cc1c(F)cccc1[C@H](c1ccc(Cl)s1)N1CCNCC1. The second-order valence-electron chi connectivity index (χ2n) is 5.28. The number of rotatable bonds is 3. The molecule has 0 spiro atoms. The van der Waals surface area contributed by atoms with E-state index < -0.39 is 0 Å². The monoisotopic (exact) mass is 324 g/mol.